The third-order valence-corrected chi connectivity index (χ3v) is 10.1. The fourth-order valence-corrected chi connectivity index (χ4v) is 7.15. The normalized spacial score (nSPS) is 14.4. The average molecular weight is 631 g/mol. The van der Waals surface area contributed by atoms with Crippen molar-refractivity contribution in [3.05, 3.63) is 93.5 Å². The van der Waals surface area contributed by atoms with E-state index in [4.69, 9.17) is 23.2 Å². The van der Waals surface area contributed by atoms with Crippen molar-refractivity contribution in [1.82, 2.24) is 10.2 Å². The van der Waals surface area contributed by atoms with Crippen LogP contribution in [0.4, 0.5) is 5.69 Å². The minimum atomic E-state index is -4.25. The van der Waals surface area contributed by atoms with E-state index in [-0.39, 0.29) is 39.1 Å². The quantitative estimate of drug-likeness (QED) is 0.256. The van der Waals surface area contributed by atoms with E-state index in [2.05, 4.69) is 5.32 Å². The van der Waals surface area contributed by atoms with Gasteiger partial charge in [0.25, 0.3) is 10.0 Å². The van der Waals surface area contributed by atoms with E-state index in [1.807, 2.05) is 45.0 Å². The molecule has 1 N–H and O–H groups in total. The smallest absolute Gasteiger partial charge is 0.264 e. The van der Waals surface area contributed by atoms with Crippen molar-refractivity contribution in [2.75, 3.05) is 10.8 Å². The first kappa shape index (κ1) is 31.9. The lowest BCUT2D eigenvalue weighted by molar-refractivity contribution is -0.140. The Morgan fingerprint density at radius 3 is 2.29 bits per heavy atom. The van der Waals surface area contributed by atoms with Gasteiger partial charge in [0.05, 0.1) is 15.6 Å². The third-order valence-electron chi connectivity index (χ3n) is 7.75. The lowest BCUT2D eigenvalue weighted by Crippen LogP contribution is -2.53. The minimum absolute atomic E-state index is 0.00779. The molecule has 224 valence electrons. The maximum atomic E-state index is 14.3. The Hall–Kier alpha value is -3.07. The molecule has 3 aromatic carbocycles. The second-order valence-electron chi connectivity index (χ2n) is 10.8. The number of hydrogen-bond acceptors (Lipinski definition) is 4. The molecule has 4 rings (SSSR count). The van der Waals surface area contributed by atoms with E-state index < -0.39 is 28.5 Å². The monoisotopic (exact) mass is 629 g/mol. The third kappa shape index (κ3) is 7.46. The predicted molar refractivity (Wildman–Crippen MR) is 168 cm³/mol. The van der Waals surface area contributed by atoms with Crippen molar-refractivity contribution in [1.29, 1.82) is 0 Å². The summed E-state index contributed by atoms with van der Waals surface area (Å²) in [4.78, 5) is 29.4. The van der Waals surface area contributed by atoms with Crippen LogP contribution in [-0.2, 0) is 26.2 Å². The molecule has 0 radical (unpaired) electrons. The highest BCUT2D eigenvalue weighted by Gasteiger charge is 2.35. The van der Waals surface area contributed by atoms with Crippen molar-refractivity contribution in [3.8, 4) is 0 Å². The van der Waals surface area contributed by atoms with Gasteiger partial charge in [-0.05, 0) is 74.6 Å². The van der Waals surface area contributed by atoms with Gasteiger partial charge in [0, 0.05) is 17.6 Å². The molecule has 0 spiro atoms. The molecule has 1 aliphatic carbocycles. The highest BCUT2D eigenvalue weighted by atomic mass is 35.5. The average Bonchev–Trinajstić information content (AvgIpc) is 3.47. The number of aryl methyl sites for hydroxylation is 2. The lowest BCUT2D eigenvalue weighted by Gasteiger charge is -2.34. The van der Waals surface area contributed by atoms with Crippen LogP contribution in [-0.4, -0.2) is 43.8 Å². The van der Waals surface area contributed by atoms with Crippen LogP contribution in [0.15, 0.2) is 71.6 Å². The highest BCUT2D eigenvalue weighted by Crippen LogP contribution is 2.33. The molecule has 0 heterocycles. The molecule has 3 aromatic rings. The van der Waals surface area contributed by atoms with E-state index in [0.29, 0.717) is 6.42 Å². The number of nitrogens with zero attached hydrogens (tertiary/aromatic N) is 2. The van der Waals surface area contributed by atoms with Crippen LogP contribution in [0.1, 0.15) is 55.7 Å². The summed E-state index contributed by atoms with van der Waals surface area (Å²) >= 11 is 12.8. The van der Waals surface area contributed by atoms with Crippen molar-refractivity contribution < 1.29 is 18.0 Å². The van der Waals surface area contributed by atoms with Gasteiger partial charge in [-0.2, -0.15) is 0 Å². The number of rotatable bonds is 11. The molecular weight excluding hydrogens is 593 g/mol. The van der Waals surface area contributed by atoms with Gasteiger partial charge in [0.15, 0.2) is 0 Å². The van der Waals surface area contributed by atoms with Crippen LogP contribution < -0.4 is 9.62 Å². The van der Waals surface area contributed by atoms with E-state index in [1.54, 1.807) is 18.2 Å². The summed E-state index contributed by atoms with van der Waals surface area (Å²) in [5, 5.41) is 3.52. The first-order valence-electron chi connectivity index (χ1n) is 14.2. The minimum Gasteiger partial charge on any atom is -0.352 e. The van der Waals surface area contributed by atoms with Crippen LogP contribution in [0, 0.1) is 13.8 Å². The fourth-order valence-electron chi connectivity index (χ4n) is 5.29. The van der Waals surface area contributed by atoms with Crippen LogP contribution in [0.5, 0.6) is 0 Å². The molecule has 2 amide bonds. The zero-order chi connectivity index (χ0) is 30.4. The van der Waals surface area contributed by atoms with Gasteiger partial charge in [0.2, 0.25) is 11.8 Å². The van der Waals surface area contributed by atoms with Gasteiger partial charge in [-0.3, -0.25) is 13.9 Å². The highest BCUT2D eigenvalue weighted by molar-refractivity contribution is 7.92. The van der Waals surface area contributed by atoms with Crippen molar-refractivity contribution in [2.24, 2.45) is 0 Å². The Kier molecular flexibility index (Phi) is 10.6. The molecule has 10 heteroatoms. The first-order chi connectivity index (χ1) is 20.0. The number of nitrogens with one attached hydrogen (secondary N) is 1. The number of hydrogen-bond donors (Lipinski definition) is 1. The van der Waals surface area contributed by atoms with Crippen LogP contribution in [0.2, 0.25) is 10.0 Å². The zero-order valence-corrected chi connectivity index (χ0v) is 26.5. The van der Waals surface area contributed by atoms with Crippen molar-refractivity contribution >= 4 is 50.7 Å². The number of halogens is 2. The number of amides is 2. The van der Waals surface area contributed by atoms with Crippen LogP contribution in [0.3, 0.4) is 0 Å². The predicted octanol–water partition coefficient (Wildman–Crippen LogP) is 6.67. The SMILES string of the molecule is CCC(C(=O)NC1CCCC1)N(Cc1ccccc1C)C(=O)CN(c1cc(Cl)ccc1Cl)S(=O)(=O)c1ccc(C)cc1. The molecule has 1 saturated carbocycles. The van der Waals surface area contributed by atoms with Gasteiger partial charge in [-0.1, -0.05) is 84.9 Å². The second kappa shape index (κ2) is 13.9. The molecule has 1 atom stereocenters. The molecule has 0 aromatic heterocycles. The molecular formula is C32H37Cl2N3O4S. The topological polar surface area (TPSA) is 86.8 Å². The zero-order valence-electron chi connectivity index (χ0n) is 24.1. The van der Waals surface area contributed by atoms with E-state index in [0.717, 1.165) is 46.7 Å². The molecule has 0 aliphatic heterocycles. The Morgan fingerprint density at radius 2 is 1.64 bits per heavy atom. The first-order valence-corrected chi connectivity index (χ1v) is 16.4. The summed E-state index contributed by atoms with van der Waals surface area (Å²) in [5.74, 6) is -0.765. The largest absolute Gasteiger partial charge is 0.352 e. The van der Waals surface area contributed by atoms with Crippen molar-refractivity contribution in [2.45, 2.75) is 76.4 Å². The molecule has 0 saturated heterocycles. The molecule has 42 heavy (non-hydrogen) atoms. The molecule has 0 bridgehead atoms. The molecule has 7 nitrogen and oxygen atoms in total. The summed E-state index contributed by atoms with van der Waals surface area (Å²) in [6.07, 6.45) is 4.28. The Bertz CT molecular complexity index is 1520. The molecule has 1 fully saturated rings. The van der Waals surface area contributed by atoms with Crippen molar-refractivity contribution in [3.63, 3.8) is 0 Å². The summed E-state index contributed by atoms with van der Waals surface area (Å²) in [5.41, 5.74) is 2.80. The fraction of sp³-hybridized carbons (Fsp3) is 0.375. The van der Waals surface area contributed by atoms with Gasteiger partial charge in [0.1, 0.15) is 12.6 Å². The summed E-state index contributed by atoms with van der Waals surface area (Å²) in [7, 11) is -4.25. The Morgan fingerprint density at radius 1 is 0.976 bits per heavy atom. The van der Waals surface area contributed by atoms with E-state index in [1.165, 1.54) is 29.2 Å². The number of anilines is 1. The maximum Gasteiger partial charge on any atom is 0.264 e. The van der Waals surface area contributed by atoms with Crippen LogP contribution in [0.25, 0.3) is 0 Å². The van der Waals surface area contributed by atoms with Gasteiger partial charge < -0.3 is 10.2 Å². The van der Waals surface area contributed by atoms with E-state index in [9.17, 15) is 18.0 Å². The number of carbonyl (C=O) groups is 2. The second-order valence-corrected chi connectivity index (χ2v) is 13.5. The van der Waals surface area contributed by atoms with Gasteiger partial charge in [-0.15, -0.1) is 0 Å². The Balaban J connectivity index is 1.75. The standard InChI is InChI=1S/C32H37Cl2N3O4S/c1-4-29(32(39)35-26-11-7-8-12-26)36(20-24-10-6-5-9-23(24)3)31(38)21-37(30-19-25(33)15-18-28(30)34)42(40,41)27-16-13-22(2)14-17-27/h5-6,9-10,13-19,26,29H,4,7-8,11-12,20-21H2,1-3H3,(H,35,39). The molecule has 1 aliphatic rings. The number of carbonyl (C=O) groups excluding carboxylic acids is 2. The number of benzene rings is 3. The van der Waals surface area contributed by atoms with E-state index >= 15 is 0 Å². The van der Waals surface area contributed by atoms with Crippen LogP contribution >= 0.6 is 23.2 Å². The number of sulfonamides is 1. The van der Waals surface area contributed by atoms with Gasteiger partial charge >= 0.3 is 0 Å². The Labute approximate surface area is 258 Å². The summed E-state index contributed by atoms with van der Waals surface area (Å²) in [6.45, 7) is 5.22. The summed E-state index contributed by atoms with van der Waals surface area (Å²) in [6, 6.07) is 17.8. The summed E-state index contributed by atoms with van der Waals surface area (Å²) < 4.78 is 29.1. The van der Waals surface area contributed by atoms with Gasteiger partial charge in [-0.25, -0.2) is 8.42 Å². The lowest BCUT2D eigenvalue weighted by atomic mass is 10.1. The molecule has 1 unspecified atom stereocenters. The maximum absolute atomic E-state index is 14.3.